The van der Waals surface area contributed by atoms with Gasteiger partial charge in [-0.25, -0.2) is 0 Å². The molecule has 0 fully saturated rings. The highest BCUT2D eigenvalue weighted by atomic mass is 16.5. The Kier molecular flexibility index (Phi) is 7.42. The Bertz CT molecular complexity index is 161. The van der Waals surface area contributed by atoms with Crippen molar-refractivity contribution in [2.45, 2.75) is 39.3 Å². The van der Waals surface area contributed by atoms with Crippen LogP contribution in [0.3, 0.4) is 0 Å². The van der Waals surface area contributed by atoms with Gasteiger partial charge in [0.05, 0.1) is 19.6 Å². The van der Waals surface area contributed by atoms with Crippen LogP contribution in [0.5, 0.6) is 0 Å². The number of nitrogens with one attached hydrogen (secondary N) is 1. The van der Waals surface area contributed by atoms with E-state index in [4.69, 9.17) is 4.74 Å². The SMILES string of the molecule is CCOC(C)CNC(C)CC(=O)OC. The summed E-state index contributed by atoms with van der Waals surface area (Å²) in [5, 5.41) is 3.21. The van der Waals surface area contributed by atoms with Gasteiger partial charge in [-0.3, -0.25) is 4.79 Å². The van der Waals surface area contributed by atoms with Gasteiger partial charge in [0.2, 0.25) is 0 Å². The molecule has 0 aromatic rings. The molecule has 0 saturated heterocycles. The summed E-state index contributed by atoms with van der Waals surface area (Å²) in [6.07, 6.45) is 0.579. The van der Waals surface area contributed by atoms with E-state index in [1.165, 1.54) is 7.11 Å². The van der Waals surface area contributed by atoms with E-state index in [0.717, 1.165) is 6.54 Å². The highest BCUT2D eigenvalue weighted by Gasteiger charge is 2.09. The fourth-order valence-electron chi connectivity index (χ4n) is 1.12. The summed E-state index contributed by atoms with van der Waals surface area (Å²) in [6.45, 7) is 7.39. The fourth-order valence-corrected chi connectivity index (χ4v) is 1.12. The van der Waals surface area contributed by atoms with Crippen LogP contribution in [-0.2, 0) is 14.3 Å². The zero-order chi connectivity index (χ0) is 11.0. The third kappa shape index (κ3) is 6.86. The van der Waals surface area contributed by atoms with Gasteiger partial charge in [-0.15, -0.1) is 0 Å². The number of carbonyl (C=O) groups excluding carboxylic acids is 1. The van der Waals surface area contributed by atoms with Gasteiger partial charge in [0.25, 0.3) is 0 Å². The van der Waals surface area contributed by atoms with Gasteiger partial charge in [0.15, 0.2) is 0 Å². The Morgan fingerprint density at radius 1 is 1.43 bits per heavy atom. The minimum absolute atomic E-state index is 0.130. The van der Waals surface area contributed by atoms with E-state index in [0.29, 0.717) is 13.0 Å². The molecule has 0 heterocycles. The van der Waals surface area contributed by atoms with E-state index >= 15 is 0 Å². The molecule has 0 aromatic heterocycles. The number of hydrogen-bond donors (Lipinski definition) is 1. The number of esters is 1. The van der Waals surface area contributed by atoms with Gasteiger partial charge in [-0.2, -0.15) is 0 Å². The quantitative estimate of drug-likeness (QED) is 0.626. The molecular weight excluding hydrogens is 182 g/mol. The molecule has 4 heteroatoms. The fraction of sp³-hybridized carbons (Fsp3) is 0.900. The Morgan fingerprint density at radius 2 is 2.07 bits per heavy atom. The predicted octanol–water partition coefficient (Wildman–Crippen LogP) is 0.953. The van der Waals surface area contributed by atoms with E-state index < -0.39 is 0 Å². The second-order valence-electron chi connectivity index (χ2n) is 3.36. The molecule has 0 bridgehead atoms. The molecule has 84 valence electrons. The minimum Gasteiger partial charge on any atom is -0.469 e. The van der Waals surface area contributed by atoms with E-state index in [2.05, 4.69) is 10.1 Å². The van der Waals surface area contributed by atoms with Crippen molar-refractivity contribution in [2.75, 3.05) is 20.3 Å². The van der Waals surface area contributed by atoms with Crippen LogP contribution < -0.4 is 5.32 Å². The third-order valence-corrected chi connectivity index (χ3v) is 1.91. The summed E-state index contributed by atoms with van der Waals surface area (Å²) in [4.78, 5) is 10.9. The van der Waals surface area contributed by atoms with Crippen molar-refractivity contribution in [3.63, 3.8) is 0 Å². The van der Waals surface area contributed by atoms with Crippen LogP contribution in [0.25, 0.3) is 0 Å². The number of methoxy groups -OCH3 is 1. The van der Waals surface area contributed by atoms with Gasteiger partial charge in [0.1, 0.15) is 0 Å². The first-order valence-corrected chi connectivity index (χ1v) is 5.01. The van der Waals surface area contributed by atoms with Crippen LogP contribution >= 0.6 is 0 Å². The first-order chi connectivity index (χ1) is 6.60. The highest BCUT2D eigenvalue weighted by molar-refractivity contribution is 5.69. The Balaban J connectivity index is 3.52. The van der Waals surface area contributed by atoms with E-state index in [1.54, 1.807) is 0 Å². The molecule has 4 nitrogen and oxygen atoms in total. The predicted molar refractivity (Wildman–Crippen MR) is 55.2 cm³/mol. The maximum atomic E-state index is 10.9. The second kappa shape index (κ2) is 7.76. The molecule has 0 amide bonds. The van der Waals surface area contributed by atoms with E-state index in [-0.39, 0.29) is 18.1 Å². The van der Waals surface area contributed by atoms with E-state index in [9.17, 15) is 4.79 Å². The molecule has 0 saturated carbocycles. The Labute approximate surface area is 86.0 Å². The lowest BCUT2D eigenvalue weighted by molar-refractivity contribution is -0.141. The molecule has 1 N–H and O–H groups in total. The van der Waals surface area contributed by atoms with Crippen LogP contribution in [0, 0.1) is 0 Å². The van der Waals surface area contributed by atoms with Crippen LogP contribution in [0.4, 0.5) is 0 Å². The Hall–Kier alpha value is -0.610. The van der Waals surface area contributed by atoms with Gasteiger partial charge < -0.3 is 14.8 Å². The molecule has 2 unspecified atom stereocenters. The molecular formula is C10H21NO3. The summed E-state index contributed by atoms with van der Waals surface area (Å²) in [6, 6.07) is 0.130. The minimum atomic E-state index is -0.186. The first-order valence-electron chi connectivity index (χ1n) is 5.01. The zero-order valence-electron chi connectivity index (χ0n) is 9.50. The maximum absolute atomic E-state index is 10.9. The number of ether oxygens (including phenoxy) is 2. The van der Waals surface area contributed by atoms with E-state index in [1.807, 2.05) is 20.8 Å². The topological polar surface area (TPSA) is 47.6 Å². The molecule has 2 atom stereocenters. The van der Waals surface area contributed by atoms with Crippen molar-refractivity contribution in [1.29, 1.82) is 0 Å². The van der Waals surface area contributed by atoms with Gasteiger partial charge in [-0.05, 0) is 20.8 Å². The van der Waals surface area contributed by atoms with Crippen molar-refractivity contribution in [1.82, 2.24) is 5.32 Å². The van der Waals surface area contributed by atoms with Crippen molar-refractivity contribution >= 4 is 5.97 Å². The third-order valence-electron chi connectivity index (χ3n) is 1.91. The lowest BCUT2D eigenvalue weighted by Gasteiger charge is -2.16. The van der Waals surface area contributed by atoms with Crippen LogP contribution in [0.1, 0.15) is 27.2 Å². The van der Waals surface area contributed by atoms with Gasteiger partial charge in [0, 0.05) is 19.2 Å². The number of carbonyl (C=O) groups is 1. The molecule has 0 radical (unpaired) electrons. The summed E-state index contributed by atoms with van der Waals surface area (Å²) >= 11 is 0. The normalized spacial score (nSPS) is 14.9. The average molecular weight is 203 g/mol. The Morgan fingerprint density at radius 3 is 2.57 bits per heavy atom. The number of hydrogen-bond acceptors (Lipinski definition) is 4. The van der Waals surface area contributed by atoms with Crippen molar-refractivity contribution in [3.05, 3.63) is 0 Å². The van der Waals surface area contributed by atoms with Crippen molar-refractivity contribution < 1.29 is 14.3 Å². The van der Waals surface area contributed by atoms with Crippen molar-refractivity contribution in [3.8, 4) is 0 Å². The zero-order valence-corrected chi connectivity index (χ0v) is 9.50. The van der Waals surface area contributed by atoms with Crippen molar-refractivity contribution in [2.24, 2.45) is 0 Å². The summed E-state index contributed by atoms with van der Waals surface area (Å²) in [5.74, 6) is -0.186. The molecule has 0 aromatic carbocycles. The molecule has 0 aliphatic rings. The van der Waals surface area contributed by atoms with Crippen LogP contribution in [0.15, 0.2) is 0 Å². The largest absolute Gasteiger partial charge is 0.469 e. The highest BCUT2D eigenvalue weighted by Crippen LogP contribution is 1.94. The lowest BCUT2D eigenvalue weighted by Crippen LogP contribution is -2.35. The standard InChI is InChI=1S/C10H21NO3/c1-5-14-9(3)7-11-8(2)6-10(12)13-4/h8-9,11H,5-7H2,1-4H3. The number of rotatable bonds is 7. The molecule has 0 spiro atoms. The summed E-state index contributed by atoms with van der Waals surface area (Å²) in [7, 11) is 1.40. The molecule has 0 rings (SSSR count). The lowest BCUT2D eigenvalue weighted by atomic mass is 10.2. The van der Waals surface area contributed by atoms with Crippen LogP contribution in [0.2, 0.25) is 0 Å². The van der Waals surface area contributed by atoms with Crippen LogP contribution in [-0.4, -0.2) is 38.4 Å². The maximum Gasteiger partial charge on any atom is 0.307 e. The smallest absolute Gasteiger partial charge is 0.307 e. The monoisotopic (exact) mass is 203 g/mol. The summed E-state index contributed by atoms with van der Waals surface area (Å²) in [5.41, 5.74) is 0. The summed E-state index contributed by atoms with van der Waals surface area (Å²) < 4.78 is 9.91. The first kappa shape index (κ1) is 13.4. The second-order valence-corrected chi connectivity index (χ2v) is 3.36. The molecule has 0 aliphatic heterocycles. The average Bonchev–Trinajstić information content (AvgIpc) is 2.15. The molecule has 14 heavy (non-hydrogen) atoms. The molecule has 0 aliphatic carbocycles. The van der Waals surface area contributed by atoms with Gasteiger partial charge in [-0.1, -0.05) is 0 Å². The van der Waals surface area contributed by atoms with Gasteiger partial charge >= 0.3 is 5.97 Å².